The summed E-state index contributed by atoms with van der Waals surface area (Å²) in [5.74, 6) is -0.572. The third-order valence-corrected chi connectivity index (χ3v) is 4.33. The van der Waals surface area contributed by atoms with Gasteiger partial charge in [-0.1, -0.05) is 12.1 Å². The highest BCUT2D eigenvalue weighted by atomic mass is 79.9. The highest BCUT2D eigenvalue weighted by Crippen LogP contribution is 2.28. The molecule has 0 atom stereocenters. The van der Waals surface area contributed by atoms with Gasteiger partial charge in [0.05, 0.1) is 17.1 Å². The van der Waals surface area contributed by atoms with Crippen molar-refractivity contribution in [1.82, 2.24) is 0 Å². The quantitative estimate of drug-likeness (QED) is 0.464. The minimum atomic E-state index is -0.572. The van der Waals surface area contributed by atoms with Crippen molar-refractivity contribution in [1.29, 1.82) is 0 Å². The molecule has 0 aliphatic rings. The number of hydrogen-bond donors (Lipinski definition) is 0. The number of benzene rings is 1. The van der Waals surface area contributed by atoms with Crippen molar-refractivity contribution in [3.63, 3.8) is 0 Å². The lowest BCUT2D eigenvalue weighted by Crippen LogP contribution is -2.09. The molecule has 0 saturated carbocycles. The van der Waals surface area contributed by atoms with Crippen molar-refractivity contribution in [3.8, 4) is 0 Å². The van der Waals surface area contributed by atoms with Gasteiger partial charge >= 0.3 is 5.97 Å². The van der Waals surface area contributed by atoms with Crippen LogP contribution in [-0.2, 0) is 11.2 Å². The largest absolute Gasteiger partial charge is 0.462 e. The Bertz CT molecular complexity index is 627. The molecule has 5 nitrogen and oxygen atoms in total. The highest BCUT2D eigenvalue weighted by Gasteiger charge is 2.20. The molecule has 0 bridgehead atoms. The first-order valence-corrected chi connectivity index (χ1v) is 7.39. The molecule has 0 fully saturated rings. The van der Waals surface area contributed by atoms with Crippen LogP contribution >= 0.6 is 27.3 Å². The molecule has 20 heavy (non-hydrogen) atoms. The molecule has 1 aromatic heterocycles. The molecule has 2 aromatic rings. The fourth-order valence-electron chi connectivity index (χ4n) is 1.60. The minimum Gasteiger partial charge on any atom is -0.462 e. The number of rotatable bonds is 5. The van der Waals surface area contributed by atoms with Crippen LogP contribution in [0, 0.1) is 10.1 Å². The first-order chi connectivity index (χ1) is 9.59. The van der Waals surface area contributed by atoms with E-state index in [0.29, 0.717) is 6.42 Å². The van der Waals surface area contributed by atoms with Crippen LogP contribution in [0.1, 0.15) is 15.2 Å². The van der Waals surface area contributed by atoms with E-state index in [1.807, 2.05) is 17.5 Å². The lowest BCUT2D eigenvalue weighted by molar-refractivity contribution is -0.385. The van der Waals surface area contributed by atoms with Crippen molar-refractivity contribution in [2.45, 2.75) is 6.42 Å². The third-order valence-electron chi connectivity index (χ3n) is 2.56. The van der Waals surface area contributed by atoms with Crippen molar-refractivity contribution in [2.24, 2.45) is 0 Å². The van der Waals surface area contributed by atoms with Gasteiger partial charge in [0.1, 0.15) is 4.47 Å². The molecule has 0 aliphatic carbocycles. The van der Waals surface area contributed by atoms with E-state index in [1.165, 1.54) is 18.2 Å². The van der Waals surface area contributed by atoms with Crippen molar-refractivity contribution in [2.75, 3.05) is 6.61 Å². The molecule has 0 N–H and O–H groups in total. The first kappa shape index (κ1) is 14.7. The summed E-state index contributed by atoms with van der Waals surface area (Å²) in [4.78, 5) is 23.3. The van der Waals surface area contributed by atoms with E-state index < -0.39 is 10.9 Å². The van der Waals surface area contributed by atoms with Crippen LogP contribution in [0.3, 0.4) is 0 Å². The summed E-state index contributed by atoms with van der Waals surface area (Å²) in [5, 5.41) is 12.7. The second kappa shape index (κ2) is 6.62. The van der Waals surface area contributed by atoms with E-state index in [-0.39, 0.29) is 22.3 Å². The molecule has 104 valence electrons. The summed E-state index contributed by atoms with van der Waals surface area (Å²) >= 11 is 4.66. The van der Waals surface area contributed by atoms with Gasteiger partial charge in [-0.05, 0) is 33.4 Å². The Balaban J connectivity index is 2.02. The zero-order valence-electron chi connectivity index (χ0n) is 10.2. The maximum absolute atomic E-state index is 11.9. The zero-order valence-corrected chi connectivity index (χ0v) is 12.6. The number of nitro groups is 1. The average Bonchev–Trinajstić information content (AvgIpc) is 2.91. The number of esters is 1. The van der Waals surface area contributed by atoms with Gasteiger partial charge in [0.2, 0.25) is 0 Å². The summed E-state index contributed by atoms with van der Waals surface area (Å²) in [6.45, 7) is 0.245. The number of ether oxygens (including phenoxy) is 1. The Morgan fingerprint density at radius 3 is 2.80 bits per heavy atom. The molecule has 7 heteroatoms. The smallest absolute Gasteiger partial charge is 0.339 e. The fraction of sp³-hybridized carbons (Fsp3) is 0.154. The van der Waals surface area contributed by atoms with E-state index in [2.05, 4.69) is 15.9 Å². The van der Waals surface area contributed by atoms with Crippen molar-refractivity contribution in [3.05, 3.63) is 60.7 Å². The van der Waals surface area contributed by atoms with Crippen LogP contribution in [0.4, 0.5) is 5.69 Å². The van der Waals surface area contributed by atoms with Gasteiger partial charge in [-0.25, -0.2) is 4.79 Å². The Hall–Kier alpha value is -1.73. The van der Waals surface area contributed by atoms with Gasteiger partial charge in [-0.3, -0.25) is 10.1 Å². The highest BCUT2D eigenvalue weighted by molar-refractivity contribution is 9.10. The number of halogens is 1. The first-order valence-electron chi connectivity index (χ1n) is 5.72. The number of carbonyl (C=O) groups excluding carboxylic acids is 1. The molecule has 0 spiro atoms. The molecular weight excluding hydrogens is 346 g/mol. The number of nitro benzene ring substituents is 1. The van der Waals surface area contributed by atoms with Crippen LogP contribution in [0.2, 0.25) is 0 Å². The van der Waals surface area contributed by atoms with E-state index in [4.69, 9.17) is 4.74 Å². The van der Waals surface area contributed by atoms with Crippen molar-refractivity contribution >= 4 is 38.9 Å². The van der Waals surface area contributed by atoms with Gasteiger partial charge in [0, 0.05) is 17.4 Å². The summed E-state index contributed by atoms with van der Waals surface area (Å²) in [7, 11) is 0. The fourth-order valence-corrected chi connectivity index (χ4v) is 2.86. The Morgan fingerprint density at radius 2 is 2.15 bits per heavy atom. The predicted octanol–water partition coefficient (Wildman–Crippen LogP) is 3.82. The monoisotopic (exact) mass is 355 g/mol. The summed E-state index contributed by atoms with van der Waals surface area (Å²) < 4.78 is 5.28. The van der Waals surface area contributed by atoms with Gasteiger partial charge in [-0.2, -0.15) is 0 Å². The number of carbonyl (C=O) groups is 1. The average molecular weight is 356 g/mol. The molecule has 1 heterocycles. The van der Waals surface area contributed by atoms with E-state index in [9.17, 15) is 14.9 Å². The Labute approximate surface area is 127 Å². The third kappa shape index (κ3) is 3.43. The standard InChI is InChI=1S/C13H10BrNO4S/c14-12-10(4-1-5-11(12)15(17)18)13(16)19-7-6-9-3-2-8-20-9/h1-5,8H,6-7H2. The molecule has 0 unspecified atom stereocenters. The maximum atomic E-state index is 11.9. The molecule has 0 aliphatic heterocycles. The second-order valence-electron chi connectivity index (χ2n) is 3.86. The summed E-state index contributed by atoms with van der Waals surface area (Å²) in [5.41, 5.74) is 0.00286. The number of hydrogen-bond acceptors (Lipinski definition) is 5. The van der Waals surface area contributed by atoms with Crippen LogP contribution in [0.5, 0.6) is 0 Å². The van der Waals surface area contributed by atoms with Crippen LogP contribution < -0.4 is 0 Å². The molecule has 0 saturated heterocycles. The minimum absolute atomic E-state index is 0.145. The SMILES string of the molecule is O=C(OCCc1cccs1)c1cccc([N+](=O)[O-])c1Br. The van der Waals surface area contributed by atoms with Crippen molar-refractivity contribution < 1.29 is 14.5 Å². The number of thiophene rings is 1. The summed E-state index contributed by atoms with van der Waals surface area (Å²) in [6, 6.07) is 8.16. The zero-order chi connectivity index (χ0) is 14.5. The van der Waals surface area contributed by atoms with Crippen LogP contribution in [0.15, 0.2) is 40.2 Å². The lowest BCUT2D eigenvalue weighted by atomic mass is 10.2. The Morgan fingerprint density at radius 1 is 1.35 bits per heavy atom. The molecule has 0 radical (unpaired) electrons. The topological polar surface area (TPSA) is 69.4 Å². The van der Waals surface area contributed by atoms with E-state index in [1.54, 1.807) is 11.3 Å². The van der Waals surface area contributed by atoms with Gasteiger partial charge < -0.3 is 4.74 Å². The predicted molar refractivity (Wildman–Crippen MR) is 79.1 cm³/mol. The Kier molecular flexibility index (Phi) is 4.86. The maximum Gasteiger partial charge on any atom is 0.339 e. The molecule has 0 amide bonds. The normalized spacial score (nSPS) is 10.2. The molecule has 1 aromatic carbocycles. The van der Waals surface area contributed by atoms with Gasteiger partial charge in [0.25, 0.3) is 5.69 Å². The van der Waals surface area contributed by atoms with E-state index >= 15 is 0 Å². The lowest BCUT2D eigenvalue weighted by Gasteiger charge is -2.06. The molecular formula is C13H10BrNO4S. The van der Waals surface area contributed by atoms with Gasteiger partial charge in [-0.15, -0.1) is 11.3 Å². The summed E-state index contributed by atoms with van der Waals surface area (Å²) in [6.07, 6.45) is 0.635. The van der Waals surface area contributed by atoms with Gasteiger partial charge in [0.15, 0.2) is 0 Å². The van der Waals surface area contributed by atoms with Crippen LogP contribution in [0.25, 0.3) is 0 Å². The molecule has 2 rings (SSSR count). The second-order valence-corrected chi connectivity index (χ2v) is 5.69. The van der Waals surface area contributed by atoms with E-state index in [0.717, 1.165) is 4.88 Å². The van der Waals surface area contributed by atoms with Crippen LogP contribution in [-0.4, -0.2) is 17.5 Å². The number of nitrogens with zero attached hydrogens (tertiary/aromatic N) is 1.